The molecule has 2 N–H and O–H groups in total. The molecule has 20 heavy (non-hydrogen) atoms. The number of hydrogen-bond acceptors (Lipinski definition) is 4. The normalized spacial score (nSPS) is 16.6. The Kier molecular flexibility index (Phi) is 3.17. The molecular formula is C14H18ClN5. The molecular weight excluding hydrogens is 274 g/mol. The van der Waals surface area contributed by atoms with E-state index in [2.05, 4.69) is 29.4 Å². The Hall–Kier alpha value is -1.62. The number of nitrogens with two attached hydrogens (primary N) is 1. The van der Waals surface area contributed by atoms with Crippen molar-refractivity contribution >= 4 is 17.3 Å². The molecule has 106 valence electrons. The fourth-order valence-electron chi connectivity index (χ4n) is 2.61. The highest BCUT2D eigenvalue weighted by Crippen LogP contribution is 2.53. The second-order valence-corrected chi connectivity index (χ2v) is 6.29. The van der Waals surface area contributed by atoms with Crippen molar-refractivity contribution < 1.29 is 0 Å². The van der Waals surface area contributed by atoms with E-state index in [1.54, 1.807) is 6.07 Å². The number of halogens is 1. The molecule has 0 bridgehead atoms. The van der Waals surface area contributed by atoms with Gasteiger partial charge in [-0.3, -0.25) is 0 Å². The van der Waals surface area contributed by atoms with Gasteiger partial charge >= 0.3 is 0 Å². The van der Waals surface area contributed by atoms with Crippen LogP contribution in [0.4, 0.5) is 5.69 Å². The van der Waals surface area contributed by atoms with Gasteiger partial charge in [0.25, 0.3) is 0 Å². The van der Waals surface area contributed by atoms with Gasteiger partial charge in [-0.05, 0) is 46.7 Å². The molecule has 0 saturated heterocycles. The van der Waals surface area contributed by atoms with Crippen LogP contribution in [0.15, 0.2) is 18.2 Å². The van der Waals surface area contributed by atoms with Gasteiger partial charge in [-0.2, -0.15) is 0 Å². The maximum Gasteiger partial charge on any atom is 0.184 e. The van der Waals surface area contributed by atoms with Gasteiger partial charge in [-0.25, -0.2) is 4.68 Å². The van der Waals surface area contributed by atoms with Gasteiger partial charge in [-0.1, -0.05) is 31.5 Å². The third-order valence-electron chi connectivity index (χ3n) is 4.41. The summed E-state index contributed by atoms with van der Waals surface area (Å²) in [6.07, 6.45) is 2.46. The predicted octanol–water partition coefficient (Wildman–Crippen LogP) is 3.01. The van der Waals surface area contributed by atoms with Crippen LogP contribution < -0.4 is 5.73 Å². The van der Waals surface area contributed by atoms with Crippen LogP contribution in [-0.2, 0) is 6.54 Å². The van der Waals surface area contributed by atoms with E-state index < -0.39 is 0 Å². The van der Waals surface area contributed by atoms with Gasteiger partial charge in [-0.15, -0.1) is 5.10 Å². The average Bonchev–Trinajstić information content (AvgIpc) is 3.06. The Balaban J connectivity index is 1.97. The third-order valence-corrected chi connectivity index (χ3v) is 4.74. The molecule has 0 amide bonds. The molecule has 1 aromatic carbocycles. The van der Waals surface area contributed by atoms with E-state index in [1.165, 1.54) is 12.8 Å². The minimum absolute atomic E-state index is 0.331. The number of anilines is 1. The molecule has 2 aromatic rings. The summed E-state index contributed by atoms with van der Waals surface area (Å²) < 4.78 is 1.86. The lowest BCUT2D eigenvalue weighted by Crippen LogP contribution is -2.19. The summed E-state index contributed by atoms with van der Waals surface area (Å²) in [5, 5.41) is 12.6. The molecule has 1 aliphatic carbocycles. The fraction of sp³-hybridized carbons (Fsp3) is 0.500. The Morgan fingerprint density at radius 1 is 1.40 bits per heavy atom. The number of tetrazole rings is 1. The molecule has 0 atom stereocenters. The van der Waals surface area contributed by atoms with Crippen LogP contribution in [-0.4, -0.2) is 20.2 Å². The van der Waals surface area contributed by atoms with Crippen molar-refractivity contribution in [1.29, 1.82) is 0 Å². The third kappa shape index (κ3) is 2.16. The van der Waals surface area contributed by atoms with Gasteiger partial charge in [0.05, 0.1) is 17.3 Å². The maximum absolute atomic E-state index is 6.08. The topological polar surface area (TPSA) is 69.6 Å². The van der Waals surface area contributed by atoms with Crippen molar-refractivity contribution in [2.45, 2.75) is 33.2 Å². The van der Waals surface area contributed by atoms with E-state index in [0.717, 1.165) is 12.1 Å². The maximum atomic E-state index is 6.08. The van der Waals surface area contributed by atoms with E-state index in [0.29, 0.717) is 27.9 Å². The minimum Gasteiger partial charge on any atom is -0.397 e. The molecule has 5 nitrogen and oxygen atoms in total. The van der Waals surface area contributed by atoms with Gasteiger partial charge in [0, 0.05) is 5.56 Å². The number of para-hydroxylation sites is 1. The monoisotopic (exact) mass is 291 g/mol. The van der Waals surface area contributed by atoms with Gasteiger partial charge in [0.2, 0.25) is 0 Å². The lowest BCUT2D eigenvalue weighted by Gasteiger charge is -2.19. The van der Waals surface area contributed by atoms with E-state index in [9.17, 15) is 0 Å². The summed E-state index contributed by atoms with van der Waals surface area (Å²) in [6.45, 7) is 5.34. The molecule has 0 unspecified atom stereocenters. The van der Waals surface area contributed by atoms with Crippen LogP contribution >= 0.6 is 11.6 Å². The first-order valence-corrected chi connectivity index (χ1v) is 7.22. The Labute approximate surface area is 123 Å². The van der Waals surface area contributed by atoms with Crippen LogP contribution in [0.2, 0.25) is 5.02 Å². The van der Waals surface area contributed by atoms with E-state index in [1.807, 2.05) is 16.8 Å². The molecule has 3 rings (SSSR count). The molecule has 1 aliphatic rings. The van der Waals surface area contributed by atoms with Crippen LogP contribution in [0.25, 0.3) is 11.4 Å². The number of benzene rings is 1. The lowest BCUT2D eigenvalue weighted by molar-refractivity contribution is 0.294. The van der Waals surface area contributed by atoms with Crippen LogP contribution in [0.5, 0.6) is 0 Å². The predicted molar refractivity (Wildman–Crippen MR) is 79.2 cm³/mol. The second-order valence-electron chi connectivity index (χ2n) is 5.88. The fourth-order valence-corrected chi connectivity index (χ4v) is 2.79. The minimum atomic E-state index is 0.331. The van der Waals surface area contributed by atoms with Crippen molar-refractivity contribution in [1.82, 2.24) is 20.2 Å². The van der Waals surface area contributed by atoms with Crippen molar-refractivity contribution in [2.75, 3.05) is 5.73 Å². The van der Waals surface area contributed by atoms with Crippen LogP contribution in [0.3, 0.4) is 0 Å². The highest BCUT2D eigenvalue weighted by atomic mass is 35.5. The molecule has 0 aliphatic heterocycles. The number of hydrogen-bond donors (Lipinski definition) is 1. The van der Waals surface area contributed by atoms with Crippen molar-refractivity contribution in [3.05, 3.63) is 23.2 Å². The van der Waals surface area contributed by atoms with Crippen molar-refractivity contribution in [3.63, 3.8) is 0 Å². The van der Waals surface area contributed by atoms with Crippen molar-refractivity contribution in [2.24, 2.45) is 11.3 Å². The van der Waals surface area contributed by atoms with Crippen LogP contribution in [0.1, 0.15) is 26.7 Å². The first kappa shape index (κ1) is 13.4. The molecule has 0 radical (unpaired) electrons. The number of nitrogen functional groups attached to an aromatic ring is 1. The molecule has 1 heterocycles. The summed E-state index contributed by atoms with van der Waals surface area (Å²) in [6, 6.07) is 5.53. The molecule has 6 heteroatoms. The summed E-state index contributed by atoms with van der Waals surface area (Å²) in [5.74, 6) is 1.31. The largest absolute Gasteiger partial charge is 0.397 e. The molecule has 1 aromatic heterocycles. The smallest absolute Gasteiger partial charge is 0.184 e. The summed E-state index contributed by atoms with van der Waals surface area (Å²) in [7, 11) is 0. The zero-order chi connectivity index (χ0) is 14.3. The summed E-state index contributed by atoms with van der Waals surface area (Å²) >= 11 is 6.08. The lowest BCUT2D eigenvalue weighted by atomic mass is 9.92. The highest BCUT2D eigenvalue weighted by molar-refractivity contribution is 6.33. The molecule has 1 fully saturated rings. The summed E-state index contributed by atoms with van der Waals surface area (Å²) in [4.78, 5) is 0. The van der Waals surface area contributed by atoms with E-state index >= 15 is 0 Å². The first-order chi connectivity index (χ1) is 9.53. The van der Waals surface area contributed by atoms with Gasteiger partial charge < -0.3 is 5.73 Å². The Bertz CT molecular complexity index is 630. The Morgan fingerprint density at radius 3 is 2.80 bits per heavy atom. The van der Waals surface area contributed by atoms with Gasteiger partial charge in [0.15, 0.2) is 5.82 Å². The van der Waals surface area contributed by atoms with Gasteiger partial charge in [0.1, 0.15) is 0 Å². The molecule has 1 saturated carbocycles. The number of aromatic nitrogens is 4. The Morgan fingerprint density at radius 2 is 2.15 bits per heavy atom. The summed E-state index contributed by atoms with van der Waals surface area (Å²) in [5.41, 5.74) is 7.69. The standard InChI is InChI=1S/C14H18ClN5/c1-9(2)14(6-7-14)8-20-13(17-18-19-20)10-4-3-5-11(15)12(10)16/h3-5,9H,6-8,16H2,1-2H3. The second kappa shape index (κ2) is 4.74. The highest BCUT2D eigenvalue weighted by Gasteiger charge is 2.46. The molecule has 0 spiro atoms. The zero-order valence-corrected chi connectivity index (χ0v) is 12.4. The number of rotatable bonds is 4. The zero-order valence-electron chi connectivity index (χ0n) is 11.7. The average molecular weight is 292 g/mol. The van der Waals surface area contributed by atoms with Crippen molar-refractivity contribution in [3.8, 4) is 11.4 Å². The van der Waals surface area contributed by atoms with E-state index in [4.69, 9.17) is 17.3 Å². The SMILES string of the molecule is CC(C)C1(Cn2nnnc2-c2cccc(Cl)c2N)CC1. The quantitative estimate of drug-likeness (QED) is 0.879. The van der Waals surface area contributed by atoms with E-state index in [-0.39, 0.29) is 0 Å². The van der Waals surface area contributed by atoms with Crippen LogP contribution in [0, 0.1) is 11.3 Å². The first-order valence-electron chi connectivity index (χ1n) is 6.84. The number of nitrogens with zero attached hydrogens (tertiary/aromatic N) is 4.